The van der Waals surface area contributed by atoms with Crippen LogP contribution in [0, 0.1) is 0 Å². The number of hydrogen-bond acceptors (Lipinski definition) is 5. The summed E-state index contributed by atoms with van der Waals surface area (Å²) in [6.07, 6.45) is 6.70. The van der Waals surface area contributed by atoms with Crippen LogP contribution in [0.25, 0.3) is 11.0 Å². The van der Waals surface area contributed by atoms with Gasteiger partial charge in [-0.25, -0.2) is 4.98 Å². The summed E-state index contributed by atoms with van der Waals surface area (Å²) in [5, 5.41) is 4.67. The number of nitrogens with zero attached hydrogens (tertiary/aromatic N) is 3. The van der Waals surface area contributed by atoms with E-state index in [4.69, 9.17) is 4.74 Å². The van der Waals surface area contributed by atoms with Crippen LogP contribution in [-0.2, 0) is 18.0 Å². The molecular formula is C26H36N4O2Si. The number of carbonyl (C=O) groups excluding carboxylic acids is 1. The number of nitrogens with one attached hydrogen (secondary N) is 1. The molecule has 0 unspecified atom stereocenters. The van der Waals surface area contributed by atoms with Crippen LogP contribution in [0.5, 0.6) is 0 Å². The zero-order valence-electron chi connectivity index (χ0n) is 20.1. The van der Waals surface area contributed by atoms with E-state index in [9.17, 15) is 4.79 Å². The third-order valence-electron chi connectivity index (χ3n) is 6.36. The number of anilines is 1. The molecule has 1 N–H and O–H groups in total. The van der Waals surface area contributed by atoms with Crippen LogP contribution in [0.15, 0.2) is 48.8 Å². The van der Waals surface area contributed by atoms with Gasteiger partial charge in [-0.05, 0) is 30.5 Å². The van der Waals surface area contributed by atoms with Crippen molar-refractivity contribution >= 4 is 31.1 Å². The Morgan fingerprint density at radius 2 is 1.91 bits per heavy atom. The van der Waals surface area contributed by atoms with Crippen LogP contribution in [0.1, 0.15) is 28.8 Å². The fourth-order valence-corrected chi connectivity index (χ4v) is 5.09. The van der Waals surface area contributed by atoms with E-state index in [-0.39, 0.29) is 0 Å². The van der Waals surface area contributed by atoms with Crippen molar-refractivity contribution < 1.29 is 9.53 Å². The van der Waals surface area contributed by atoms with Crippen LogP contribution in [0.2, 0.25) is 25.7 Å². The number of aromatic nitrogens is 2. The highest BCUT2D eigenvalue weighted by molar-refractivity contribution is 6.76. The molecule has 0 aliphatic carbocycles. The van der Waals surface area contributed by atoms with Gasteiger partial charge in [-0.15, -0.1) is 0 Å². The van der Waals surface area contributed by atoms with Gasteiger partial charge in [-0.2, -0.15) is 0 Å². The van der Waals surface area contributed by atoms with Crippen molar-refractivity contribution in [2.24, 2.45) is 0 Å². The van der Waals surface area contributed by atoms with E-state index in [0.717, 1.165) is 68.1 Å². The number of rotatable bonds is 10. The molecule has 1 aliphatic rings. The van der Waals surface area contributed by atoms with E-state index in [1.54, 1.807) is 6.20 Å². The molecule has 33 heavy (non-hydrogen) atoms. The summed E-state index contributed by atoms with van der Waals surface area (Å²) in [5.41, 5.74) is 3.73. The summed E-state index contributed by atoms with van der Waals surface area (Å²) in [5.74, 6) is 0. The fraction of sp³-hybridized carbons (Fsp3) is 0.462. The van der Waals surface area contributed by atoms with E-state index in [2.05, 4.69) is 65.2 Å². The molecule has 1 saturated heterocycles. The van der Waals surface area contributed by atoms with Crippen molar-refractivity contribution in [3.8, 4) is 0 Å². The van der Waals surface area contributed by atoms with E-state index >= 15 is 0 Å². The molecule has 0 amide bonds. The number of ether oxygens (including phenoxy) is 1. The molecule has 0 saturated carbocycles. The van der Waals surface area contributed by atoms with Crippen LogP contribution in [0.3, 0.4) is 0 Å². The van der Waals surface area contributed by atoms with Gasteiger partial charge in [-0.1, -0.05) is 50.0 Å². The highest BCUT2D eigenvalue weighted by Gasteiger charge is 2.22. The number of aldehydes is 1. The predicted octanol–water partition coefficient (Wildman–Crippen LogP) is 5.24. The van der Waals surface area contributed by atoms with Gasteiger partial charge >= 0.3 is 0 Å². The summed E-state index contributed by atoms with van der Waals surface area (Å²) in [6.45, 7) is 11.4. The van der Waals surface area contributed by atoms with Gasteiger partial charge < -0.3 is 14.6 Å². The molecule has 176 valence electrons. The minimum absolute atomic E-state index is 0.345. The molecular weight excluding hydrogens is 428 g/mol. The smallest absolute Gasteiger partial charge is 0.153 e. The largest absolute Gasteiger partial charge is 0.381 e. The fourth-order valence-electron chi connectivity index (χ4n) is 4.33. The van der Waals surface area contributed by atoms with Crippen molar-refractivity contribution in [2.75, 3.05) is 25.0 Å². The topological polar surface area (TPSA) is 59.4 Å². The number of carbonyl (C=O) groups is 1. The normalized spacial score (nSPS) is 15.7. The molecule has 1 aromatic carbocycles. The quantitative estimate of drug-likeness (QED) is 0.253. The van der Waals surface area contributed by atoms with Crippen LogP contribution >= 0.6 is 0 Å². The minimum atomic E-state index is -1.11. The Bertz CT molecular complexity index is 1050. The average molecular weight is 465 g/mol. The monoisotopic (exact) mass is 464 g/mol. The van der Waals surface area contributed by atoms with Gasteiger partial charge in [-0.3, -0.25) is 9.69 Å². The third kappa shape index (κ3) is 6.31. The maximum atomic E-state index is 11.8. The van der Waals surface area contributed by atoms with Gasteiger partial charge in [0.2, 0.25) is 0 Å². The Morgan fingerprint density at radius 1 is 1.15 bits per heavy atom. The molecule has 0 atom stereocenters. The first-order valence-corrected chi connectivity index (χ1v) is 15.7. The second-order valence-corrected chi connectivity index (χ2v) is 15.9. The van der Waals surface area contributed by atoms with Gasteiger partial charge in [0.05, 0.1) is 11.3 Å². The highest BCUT2D eigenvalue weighted by atomic mass is 28.3. The molecule has 1 aliphatic heterocycles. The second kappa shape index (κ2) is 10.6. The maximum absolute atomic E-state index is 11.8. The predicted molar refractivity (Wildman–Crippen MR) is 138 cm³/mol. The Balaban J connectivity index is 1.40. The second-order valence-electron chi connectivity index (χ2n) is 10.3. The number of pyridine rings is 1. The Labute approximate surface area is 198 Å². The molecule has 4 rings (SSSR count). The SMILES string of the molecule is C[Si](C)(C)CCOCn1ccc2c(NC3CCN(Cc4ccccc4)CC3)c(C=O)cnc21. The lowest BCUT2D eigenvalue weighted by atomic mass is 10.0. The van der Waals surface area contributed by atoms with E-state index in [1.165, 1.54) is 5.56 Å². The van der Waals surface area contributed by atoms with E-state index in [1.807, 2.05) is 16.8 Å². The molecule has 0 bridgehead atoms. The van der Waals surface area contributed by atoms with Gasteiger partial charge in [0, 0.05) is 58.1 Å². The molecule has 2 aromatic heterocycles. The summed E-state index contributed by atoms with van der Waals surface area (Å²) in [7, 11) is -1.11. The first-order valence-electron chi connectivity index (χ1n) is 12.0. The summed E-state index contributed by atoms with van der Waals surface area (Å²) < 4.78 is 7.96. The van der Waals surface area contributed by atoms with Gasteiger partial charge in [0.15, 0.2) is 6.29 Å². The molecule has 7 heteroatoms. The van der Waals surface area contributed by atoms with Crippen LogP contribution in [-0.4, -0.2) is 54.5 Å². The lowest BCUT2D eigenvalue weighted by Crippen LogP contribution is -2.38. The Hall–Kier alpha value is -2.48. The average Bonchev–Trinajstić information content (AvgIpc) is 3.22. The first kappa shape index (κ1) is 23.7. The van der Waals surface area contributed by atoms with Crippen LogP contribution < -0.4 is 5.32 Å². The molecule has 6 nitrogen and oxygen atoms in total. The number of piperidine rings is 1. The number of likely N-dealkylation sites (tertiary alicyclic amines) is 1. The summed E-state index contributed by atoms with van der Waals surface area (Å²) in [6, 6.07) is 14.2. The van der Waals surface area contributed by atoms with Crippen molar-refractivity contribution in [3.63, 3.8) is 0 Å². The number of benzene rings is 1. The summed E-state index contributed by atoms with van der Waals surface area (Å²) in [4.78, 5) is 18.8. The zero-order valence-corrected chi connectivity index (χ0v) is 21.1. The molecule has 3 aromatic rings. The van der Waals surface area contributed by atoms with Crippen molar-refractivity contribution in [3.05, 3.63) is 59.9 Å². The number of hydrogen-bond donors (Lipinski definition) is 1. The van der Waals surface area contributed by atoms with Crippen LogP contribution in [0.4, 0.5) is 5.69 Å². The zero-order chi connectivity index (χ0) is 23.3. The number of fused-ring (bicyclic) bond motifs is 1. The van der Waals surface area contributed by atoms with Gasteiger partial charge in [0.25, 0.3) is 0 Å². The Kier molecular flexibility index (Phi) is 7.62. The van der Waals surface area contributed by atoms with Crippen molar-refractivity contribution in [2.45, 2.75) is 57.8 Å². The first-order chi connectivity index (χ1) is 15.9. The molecule has 3 heterocycles. The van der Waals surface area contributed by atoms with Crippen molar-refractivity contribution in [1.29, 1.82) is 0 Å². The lowest BCUT2D eigenvalue weighted by Gasteiger charge is -2.33. The lowest BCUT2D eigenvalue weighted by molar-refractivity contribution is 0.0899. The standard InChI is InChI=1S/C26H36N4O2Si/c1-33(2,3)16-15-32-20-30-14-11-24-25(22(19-31)17-27-26(24)30)28-23-9-12-29(13-10-23)18-21-7-5-4-6-8-21/h4-8,11,14,17,19,23H,9-10,12-13,15-16,18,20H2,1-3H3,(H,27,28). The molecule has 1 fully saturated rings. The van der Waals surface area contributed by atoms with E-state index < -0.39 is 8.07 Å². The summed E-state index contributed by atoms with van der Waals surface area (Å²) >= 11 is 0. The molecule has 0 spiro atoms. The Morgan fingerprint density at radius 3 is 2.61 bits per heavy atom. The minimum Gasteiger partial charge on any atom is -0.381 e. The highest BCUT2D eigenvalue weighted by Crippen LogP contribution is 2.29. The maximum Gasteiger partial charge on any atom is 0.153 e. The van der Waals surface area contributed by atoms with E-state index in [0.29, 0.717) is 18.3 Å². The molecule has 0 radical (unpaired) electrons. The van der Waals surface area contributed by atoms with Crippen molar-refractivity contribution in [1.82, 2.24) is 14.5 Å². The third-order valence-corrected chi connectivity index (χ3v) is 8.06. The van der Waals surface area contributed by atoms with Gasteiger partial charge in [0.1, 0.15) is 12.4 Å².